The van der Waals surface area contributed by atoms with Crippen LogP contribution in [0.5, 0.6) is 0 Å². The van der Waals surface area contributed by atoms with Gasteiger partial charge in [-0.2, -0.15) is 0 Å². The predicted octanol–water partition coefficient (Wildman–Crippen LogP) is 1.73. The van der Waals surface area contributed by atoms with Gasteiger partial charge in [0.25, 0.3) is 0 Å². The van der Waals surface area contributed by atoms with Crippen LogP contribution in [0.3, 0.4) is 0 Å². The monoisotopic (exact) mass is 214 g/mol. The molecular weight excluding hydrogens is 192 g/mol. The highest BCUT2D eigenvalue weighted by molar-refractivity contribution is 5.14. The molecule has 1 N–H and O–H groups in total. The Morgan fingerprint density at radius 2 is 1.73 bits per heavy atom. The molecule has 1 unspecified atom stereocenters. The molecule has 2 fully saturated rings. The van der Waals surface area contributed by atoms with Crippen molar-refractivity contribution in [3.63, 3.8) is 0 Å². The number of aliphatic hydroxyl groups is 1. The smallest absolute Gasteiger partial charge is 0.121 e. The number of hydrogen-bond donors (Lipinski definition) is 1. The fourth-order valence-electron chi connectivity index (χ4n) is 2.77. The number of hydrogen-bond acceptors (Lipinski definition) is 3. The molecule has 2 aliphatic rings. The lowest BCUT2D eigenvalue weighted by Crippen LogP contribution is -2.57. The second-order valence-corrected chi connectivity index (χ2v) is 6.08. The van der Waals surface area contributed by atoms with Gasteiger partial charge in [0.05, 0.1) is 25.4 Å². The lowest BCUT2D eigenvalue weighted by atomic mass is 9.77. The van der Waals surface area contributed by atoms with E-state index in [9.17, 15) is 5.11 Å². The molecule has 1 spiro atoms. The summed E-state index contributed by atoms with van der Waals surface area (Å²) in [7, 11) is 0. The molecule has 0 amide bonds. The largest absolute Gasteiger partial charge is 0.393 e. The summed E-state index contributed by atoms with van der Waals surface area (Å²) in [6.45, 7) is 7.89. The van der Waals surface area contributed by atoms with Crippen molar-refractivity contribution < 1.29 is 14.6 Å². The maximum Gasteiger partial charge on any atom is 0.121 e. The standard InChI is InChI=1S/C12H22O3/c1-10(2,3)8-12(9-13)11(4-5-11)14-6-7-15-12/h13H,4-9H2,1-3H3. The Labute approximate surface area is 91.8 Å². The van der Waals surface area contributed by atoms with E-state index in [0.717, 1.165) is 19.3 Å². The molecule has 1 atom stereocenters. The van der Waals surface area contributed by atoms with E-state index in [2.05, 4.69) is 20.8 Å². The van der Waals surface area contributed by atoms with Gasteiger partial charge in [0.2, 0.25) is 0 Å². The summed E-state index contributed by atoms with van der Waals surface area (Å²) in [6, 6.07) is 0. The average Bonchev–Trinajstić information content (AvgIpc) is 2.89. The van der Waals surface area contributed by atoms with Crippen molar-refractivity contribution in [2.24, 2.45) is 5.41 Å². The summed E-state index contributed by atoms with van der Waals surface area (Å²) in [5.74, 6) is 0. The first-order valence-corrected chi connectivity index (χ1v) is 5.82. The molecule has 88 valence electrons. The highest BCUT2D eigenvalue weighted by Gasteiger charge is 2.63. The number of rotatable bonds is 2. The second-order valence-electron chi connectivity index (χ2n) is 6.08. The van der Waals surface area contributed by atoms with E-state index in [-0.39, 0.29) is 17.6 Å². The summed E-state index contributed by atoms with van der Waals surface area (Å²) in [5.41, 5.74) is -0.476. The van der Waals surface area contributed by atoms with E-state index < -0.39 is 5.60 Å². The van der Waals surface area contributed by atoms with Crippen LogP contribution in [0.2, 0.25) is 0 Å². The number of ether oxygens (including phenoxy) is 2. The maximum atomic E-state index is 9.68. The predicted molar refractivity (Wildman–Crippen MR) is 57.8 cm³/mol. The van der Waals surface area contributed by atoms with Gasteiger partial charge in [-0.3, -0.25) is 0 Å². The van der Waals surface area contributed by atoms with Crippen LogP contribution in [-0.2, 0) is 9.47 Å². The molecule has 2 rings (SSSR count). The van der Waals surface area contributed by atoms with Crippen molar-refractivity contribution in [2.45, 2.75) is 51.2 Å². The van der Waals surface area contributed by atoms with Crippen LogP contribution in [0.15, 0.2) is 0 Å². The minimum Gasteiger partial charge on any atom is -0.393 e. The van der Waals surface area contributed by atoms with Gasteiger partial charge in [0.1, 0.15) is 5.60 Å². The zero-order chi connectivity index (χ0) is 11.2. The van der Waals surface area contributed by atoms with Crippen molar-refractivity contribution in [3.8, 4) is 0 Å². The lowest BCUT2D eigenvalue weighted by molar-refractivity contribution is -0.242. The van der Waals surface area contributed by atoms with Gasteiger partial charge in [-0.05, 0) is 24.7 Å². The van der Waals surface area contributed by atoms with E-state index in [0.29, 0.717) is 13.2 Å². The van der Waals surface area contributed by atoms with E-state index in [1.807, 2.05) is 0 Å². The fourth-order valence-corrected chi connectivity index (χ4v) is 2.77. The first kappa shape index (κ1) is 11.4. The molecule has 0 aromatic heterocycles. The molecule has 1 heterocycles. The molecule has 0 aromatic carbocycles. The third kappa shape index (κ3) is 1.93. The van der Waals surface area contributed by atoms with Crippen molar-refractivity contribution in [1.29, 1.82) is 0 Å². The summed E-state index contributed by atoms with van der Waals surface area (Å²) in [4.78, 5) is 0. The molecule has 3 heteroatoms. The van der Waals surface area contributed by atoms with E-state index in [4.69, 9.17) is 9.47 Å². The Hall–Kier alpha value is -0.120. The average molecular weight is 214 g/mol. The second kappa shape index (κ2) is 3.44. The lowest BCUT2D eigenvalue weighted by Gasteiger charge is -2.46. The maximum absolute atomic E-state index is 9.68. The van der Waals surface area contributed by atoms with Gasteiger partial charge in [-0.1, -0.05) is 20.8 Å². The van der Waals surface area contributed by atoms with E-state index >= 15 is 0 Å². The van der Waals surface area contributed by atoms with Gasteiger partial charge in [-0.15, -0.1) is 0 Å². The van der Waals surface area contributed by atoms with Crippen LogP contribution in [0.1, 0.15) is 40.0 Å². The van der Waals surface area contributed by atoms with Gasteiger partial charge in [-0.25, -0.2) is 0 Å². The topological polar surface area (TPSA) is 38.7 Å². The Balaban J connectivity index is 2.18. The van der Waals surface area contributed by atoms with Crippen molar-refractivity contribution in [3.05, 3.63) is 0 Å². The fraction of sp³-hybridized carbons (Fsp3) is 1.00. The molecule has 3 nitrogen and oxygen atoms in total. The molecule has 1 aliphatic carbocycles. The highest BCUT2D eigenvalue weighted by Crippen LogP contribution is 2.55. The van der Waals surface area contributed by atoms with Crippen molar-refractivity contribution >= 4 is 0 Å². The van der Waals surface area contributed by atoms with Crippen LogP contribution >= 0.6 is 0 Å². The Kier molecular flexibility index (Phi) is 2.61. The van der Waals surface area contributed by atoms with Gasteiger partial charge in [0, 0.05) is 0 Å². The summed E-state index contributed by atoms with van der Waals surface area (Å²) >= 11 is 0. The van der Waals surface area contributed by atoms with E-state index in [1.165, 1.54) is 0 Å². The van der Waals surface area contributed by atoms with Gasteiger partial charge in [0.15, 0.2) is 0 Å². The van der Waals surface area contributed by atoms with Crippen molar-refractivity contribution in [1.82, 2.24) is 0 Å². The molecule has 15 heavy (non-hydrogen) atoms. The molecule has 0 bridgehead atoms. The Bertz CT molecular complexity index is 240. The summed E-state index contributed by atoms with van der Waals surface area (Å²) < 4.78 is 11.7. The molecule has 1 saturated heterocycles. The Morgan fingerprint density at radius 3 is 2.20 bits per heavy atom. The molecule has 0 aromatic rings. The minimum atomic E-state index is -0.455. The number of aliphatic hydroxyl groups excluding tert-OH is 1. The quantitative estimate of drug-likeness (QED) is 0.761. The third-order valence-electron chi connectivity index (χ3n) is 3.45. The summed E-state index contributed by atoms with van der Waals surface area (Å²) in [5, 5.41) is 9.68. The first-order chi connectivity index (χ1) is 6.93. The zero-order valence-corrected chi connectivity index (χ0v) is 10.0. The molecule has 1 saturated carbocycles. The SMILES string of the molecule is CC(C)(C)CC1(CO)OCCOC12CC2. The van der Waals surface area contributed by atoms with Gasteiger partial charge < -0.3 is 14.6 Å². The minimum absolute atomic E-state index is 0.0737. The zero-order valence-electron chi connectivity index (χ0n) is 10.0. The Morgan fingerprint density at radius 1 is 1.13 bits per heavy atom. The molecule has 0 radical (unpaired) electrons. The highest BCUT2D eigenvalue weighted by atomic mass is 16.6. The normalized spacial score (nSPS) is 34.4. The molecule has 1 aliphatic heterocycles. The summed E-state index contributed by atoms with van der Waals surface area (Å²) in [6.07, 6.45) is 2.92. The van der Waals surface area contributed by atoms with Crippen molar-refractivity contribution in [2.75, 3.05) is 19.8 Å². The van der Waals surface area contributed by atoms with Crippen LogP contribution in [0.25, 0.3) is 0 Å². The molecular formula is C12H22O3. The third-order valence-corrected chi connectivity index (χ3v) is 3.45. The van der Waals surface area contributed by atoms with Crippen LogP contribution in [0, 0.1) is 5.41 Å². The van der Waals surface area contributed by atoms with Crippen LogP contribution in [0.4, 0.5) is 0 Å². The van der Waals surface area contributed by atoms with Gasteiger partial charge >= 0.3 is 0 Å². The first-order valence-electron chi connectivity index (χ1n) is 5.82. The van der Waals surface area contributed by atoms with E-state index in [1.54, 1.807) is 0 Å². The van der Waals surface area contributed by atoms with Crippen LogP contribution in [-0.4, -0.2) is 36.1 Å². The van der Waals surface area contributed by atoms with Crippen LogP contribution < -0.4 is 0 Å².